The molecule has 124 valence electrons. The van der Waals surface area contributed by atoms with E-state index in [4.69, 9.17) is 0 Å². The van der Waals surface area contributed by atoms with E-state index >= 15 is 0 Å². The topological polar surface area (TPSA) is 0 Å². The number of rotatable bonds is 7. The summed E-state index contributed by atoms with van der Waals surface area (Å²) >= 11 is 0. The van der Waals surface area contributed by atoms with Crippen molar-refractivity contribution >= 4 is 5.57 Å². The minimum absolute atomic E-state index is 0.122. The molecule has 0 saturated carbocycles. The van der Waals surface area contributed by atoms with E-state index in [1.54, 1.807) is 12.1 Å². The molecular formula is C22H29F. The van der Waals surface area contributed by atoms with Gasteiger partial charge in [-0.2, -0.15) is 0 Å². The predicted octanol–water partition coefficient (Wildman–Crippen LogP) is 6.96. The lowest BCUT2D eigenvalue weighted by molar-refractivity contribution is 0.619. The number of benzene rings is 1. The first-order chi connectivity index (χ1) is 11.0. The normalized spacial score (nSPS) is 13.4. The molecule has 1 heteroatoms. The number of hydrogen-bond acceptors (Lipinski definition) is 0. The fourth-order valence-corrected chi connectivity index (χ4v) is 2.80. The summed E-state index contributed by atoms with van der Waals surface area (Å²) in [5.74, 6) is -0.122. The van der Waals surface area contributed by atoms with Crippen LogP contribution in [0.15, 0.2) is 54.2 Å². The van der Waals surface area contributed by atoms with Crippen LogP contribution in [-0.2, 0) is 6.42 Å². The number of halogens is 1. The van der Waals surface area contributed by atoms with Crippen LogP contribution >= 0.6 is 0 Å². The molecule has 0 amide bonds. The lowest BCUT2D eigenvalue weighted by atomic mass is 9.91. The molecule has 0 atom stereocenters. The first kappa shape index (κ1) is 19.2. The summed E-state index contributed by atoms with van der Waals surface area (Å²) in [5.41, 5.74) is 5.95. The highest BCUT2D eigenvalue weighted by Gasteiger charge is 2.13. The van der Waals surface area contributed by atoms with Gasteiger partial charge in [0.1, 0.15) is 5.82 Å². The molecule has 0 aromatic heterocycles. The quantitative estimate of drug-likeness (QED) is 0.477. The molecular weight excluding hydrogens is 283 g/mol. The van der Waals surface area contributed by atoms with Crippen LogP contribution in [-0.4, -0.2) is 0 Å². The van der Waals surface area contributed by atoms with Gasteiger partial charge in [0, 0.05) is 5.56 Å². The standard InChI is InChI=1S/C22H29F/c1-7-10-13-20(12-9-3)17(5)18(6)22-16(4)14-19(11-8-2)15-21(22)23/h9-10,12-15H,3,7-8,11H2,1-2,4-6H3/b13-10-,18-17-,20-12+. The van der Waals surface area contributed by atoms with Crippen molar-refractivity contribution in [1.29, 1.82) is 0 Å². The van der Waals surface area contributed by atoms with Gasteiger partial charge in [-0.15, -0.1) is 0 Å². The fraction of sp³-hybridized carbons (Fsp3) is 0.364. The summed E-state index contributed by atoms with van der Waals surface area (Å²) < 4.78 is 14.7. The maximum absolute atomic E-state index is 14.7. The lowest BCUT2D eigenvalue weighted by Crippen LogP contribution is -1.98. The largest absolute Gasteiger partial charge is 0.206 e. The van der Waals surface area contributed by atoms with Gasteiger partial charge in [-0.05, 0) is 67.5 Å². The van der Waals surface area contributed by atoms with Crippen molar-refractivity contribution in [2.24, 2.45) is 0 Å². The third-order valence-corrected chi connectivity index (χ3v) is 4.09. The van der Waals surface area contributed by atoms with E-state index in [-0.39, 0.29) is 5.82 Å². The van der Waals surface area contributed by atoms with E-state index in [1.807, 2.05) is 26.8 Å². The molecule has 1 aromatic rings. The van der Waals surface area contributed by atoms with Gasteiger partial charge in [-0.1, -0.05) is 57.2 Å². The van der Waals surface area contributed by atoms with E-state index in [0.717, 1.165) is 52.7 Å². The van der Waals surface area contributed by atoms with Crippen molar-refractivity contribution in [3.05, 3.63) is 76.7 Å². The molecule has 0 aliphatic carbocycles. The van der Waals surface area contributed by atoms with Gasteiger partial charge in [0.15, 0.2) is 0 Å². The van der Waals surface area contributed by atoms with Crippen LogP contribution in [0.5, 0.6) is 0 Å². The molecule has 0 N–H and O–H groups in total. The highest BCUT2D eigenvalue weighted by atomic mass is 19.1. The minimum atomic E-state index is -0.122. The second-order valence-electron chi connectivity index (χ2n) is 5.94. The van der Waals surface area contributed by atoms with Gasteiger partial charge in [0.25, 0.3) is 0 Å². The Morgan fingerprint density at radius 3 is 2.43 bits per heavy atom. The monoisotopic (exact) mass is 312 g/mol. The maximum Gasteiger partial charge on any atom is 0.131 e. The summed E-state index contributed by atoms with van der Waals surface area (Å²) in [6.07, 6.45) is 10.9. The third-order valence-electron chi connectivity index (χ3n) is 4.09. The predicted molar refractivity (Wildman–Crippen MR) is 101 cm³/mol. The second-order valence-corrected chi connectivity index (χ2v) is 5.94. The Balaban J connectivity index is 3.40. The van der Waals surface area contributed by atoms with E-state index in [2.05, 4.69) is 38.6 Å². The molecule has 23 heavy (non-hydrogen) atoms. The van der Waals surface area contributed by atoms with Crippen LogP contribution in [0.3, 0.4) is 0 Å². The average Bonchev–Trinajstić information content (AvgIpc) is 2.50. The van der Waals surface area contributed by atoms with Crippen molar-refractivity contribution in [3.63, 3.8) is 0 Å². The van der Waals surface area contributed by atoms with Gasteiger partial charge >= 0.3 is 0 Å². The Kier molecular flexibility index (Phi) is 7.74. The van der Waals surface area contributed by atoms with Gasteiger partial charge < -0.3 is 0 Å². The summed E-state index contributed by atoms with van der Waals surface area (Å²) in [6.45, 7) is 14.0. The van der Waals surface area contributed by atoms with Crippen LogP contribution in [0.2, 0.25) is 0 Å². The molecule has 0 fully saturated rings. The third kappa shape index (κ3) is 5.06. The van der Waals surface area contributed by atoms with Crippen molar-refractivity contribution < 1.29 is 4.39 Å². The molecule has 1 aromatic carbocycles. The van der Waals surface area contributed by atoms with Crippen molar-refractivity contribution in [2.45, 2.75) is 53.9 Å². The fourth-order valence-electron chi connectivity index (χ4n) is 2.80. The zero-order valence-corrected chi connectivity index (χ0v) is 15.2. The molecule has 0 nitrogen and oxygen atoms in total. The number of aryl methyl sites for hydroxylation is 2. The molecule has 0 spiro atoms. The Hall–Kier alpha value is -1.89. The second kappa shape index (κ2) is 9.29. The average molecular weight is 312 g/mol. The van der Waals surface area contributed by atoms with E-state index in [9.17, 15) is 4.39 Å². The molecule has 0 aliphatic heterocycles. The Morgan fingerprint density at radius 2 is 1.91 bits per heavy atom. The smallest absolute Gasteiger partial charge is 0.131 e. The molecule has 0 aliphatic rings. The summed E-state index contributed by atoms with van der Waals surface area (Å²) in [4.78, 5) is 0. The Morgan fingerprint density at radius 1 is 1.22 bits per heavy atom. The first-order valence-electron chi connectivity index (χ1n) is 8.42. The summed E-state index contributed by atoms with van der Waals surface area (Å²) in [5, 5.41) is 0. The number of hydrogen-bond donors (Lipinski definition) is 0. The van der Waals surface area contributed by atoms with Crippen molar-refractivity contribution in [3.8, 4) is 0 Å². The Labute approximate surface area is 141 Å². The van der Waals surface area contributed by atoms with Crippen LogP contribution in [0, 0.1) is 12.7 Å². The molecule has 0 heterocycles. The van der Waals surface area contributed by atoms with Crippen molar-refractivity contribution in [1.82, 2.24) is 0 Å². The maximum atomic E-state index is 14.7. The SMILES string of the molecule is C=C/C=C(\C=C/CC)C(/C)=C(/C)c1c(C)cc(CCC)cc1F. The summed E-state index contributed by atoms with van der Waals surface area (Å²) in [7, 11) is 0. The van der Waals surface area contributed by atoms with Crippen molar-refractivity contribution in [2.75, 3.05) is 0 Å². The zero-order chi connectivity index (χ0) is 17.4. The van der Waals surface area contributed by atoms with E-state index in [1.165, 1.54) is 0 Å². The van der Waals surface area contributed by atoms with E-state index in [0.29, 0.717) is 0 Å². The molecule has 0 saturated heterocycles. The van der Waals surface area contributed by atoms with Gasteiger partial charge in [-0.3, -0.25) is 0 Å². The first-order valence-corrected chi connectivity index (χ1v) is 8.42. The van der Waals surface area contributed by atoms with E-state index < -0.39 is 0 Å². The highest BCUT2D eigenvalue weighted by molar-refractivity contribution is 5.74. The zero-order valence-electron chi connectivity index (χ0n) is 15.2. The minimum Gasteiger partial charge on any atom is -0.206 e. The molecule has 0 bridgehead atoms. The lowest BCUT2D eigenvalue weighted by Gasteiger charge is -2.14. The van der Waals surface area contributed by atoms with Crippen LogP contribution < -0.4 is 0 Å². The molecule has 0 radical (unpaired) electrons. The van der Waals surface area contributed by atoms with Gasteiger partial charge in [-0.25, -0.2) is 4.39 Å². The summed E-state index contributed by atoms with van der Waals surface area (Å²) in [6, 6.07) is 3.79. The van der Waals surface area contributed by atoms with Crippen LogP contribution in [0.1, 0.15) is 57.2 Å². The van der Waals surface area contributed by atoms with Gasteiger partial charge in [0.05, 0.1) is 0 Å². The Bertz CT molecular complexity index is 619. The number of allylic oxidation sites excluding steroid dienone is 7. The highest BCUT2D eigenvalue weighted by Crippen LogP contribution is 2.29. The molecule has 0 unspecified atom stereocenters. The van der Waals surface area contributed by atoms with Crippen LogP contribution in [0.4, 0.5) is 4.39 Å². The molecule has 1 rings (SSSR count). The van der Waals surface area contributed by atoms with Crippen LogP contribution in [0.25, 0.3) is 5.57 Å². The van der Waals surface area contributed by atoms with Gasteiger partial charge in [0.2, 0.25) is 0 Å².